The van der Waals surface area contributed by atoms with Crippen molar-refractivity contribution in [1.82, 2.24) is 9.13 Å². The van der Waals surface area contributed by atoms with E-state index < -0.39 is 8.07 Å². The van der Waals surface area contributed by atoms with E-state index in [2.05, 4.69) is 264 Å². The Morgan fingerprint density at radius 2 is 0.698 bits per heavy atom. The first-order valence-electron chi connectivity index (χ1n) is 21.8. The normalized spacial score (nSPS) is 11.8. The first-order valence-corrected chi connectivity index (χ1v) is 23.8. The molecule has 63 heavy (non-hydrogen) atoms. The third kappa shape index (κ3) is 5.85. The summed E-state index contributed by atoms with van der Waals surface area (Å²) in [4.78, 5) is 0. The SMILES string of the molecule is c1ccc(-c2ccc(-n3c4ccccc4c4ccc(-n5c6ccccc6c6cccc([Si](c7ccccc7)(c7ccccc7)c7ccccc7)c65)cc43)cc2-c2ccccc2)cc1. The summed E-state index contributed by atoms with van der Waals surface area (Å²) in [5.41, 5.74) is 11.9. The van der Waals surface area contributed by atoms with Crippen molar-refractivity contribution in [3.8, 4) is 33.6 Å². The smallest absolute Gasteiger partial charge is 0.181 e. The van der Waals surface area contributed by atoms with Gasteiger partial charge < -0.3 is 9.13 Å². The monoisotopic (exact) mass is 818 g/mol. The lowest BCUT2D eigenvalue weighted by Crippen LogP contribution is -2.75. The van der Waals surface area contributed by atoms with Crippen LogP contribution in [-0.4, -0.2) is 17.2 Å². The molecule has 0 saturated carbocycles. The van der Waals surface area contributed by atoms with Crippen LogP contribution in [0.3, 0.4) is 0 Å². The molecule has 2 aromatic heterocycles. The fourth-order valence-electron chi connectivity index (χ4n) is 10.4. The lowest BCUT2D eigenvalue weighted by Gasteiger charge is -2.35. The number of nitrogens with zero attached hydrogens (tertiary/aromatic N) is 2. The standard InChI is InChI=1S/C60H42N2Si/c1-6-21-43(22-7-1)50-39-37-45(41-55(50)44-23-8-2-9-24-44)61-56-34-18-16-31-51(56)53-40-38-46(42-58(53)61)62-57-35-19-17-32-52(57)54-33-20-36-59(60(54)62)63(47-25-10-3-11-26-47,48-27-12-4-13-28-48)49-29-14-5-15-30-49/h1-42H. The van der Waals surface area contributed by atoms with E-state index in [1.807, 2.05) is 0 Å². The third-order valence-electron chi connectivity index (χ3n) is 13.1. The van der Waals surface area contributed by atoms with Gasteiger partial charge in [0.2, 0.25) is 0 Å². The first kappa shape index (κ1) is 36.8. The van der Waals surface area contributed by atoms with E-state index in [0.717, 1.165) is 11.4 Å². The van der Waals surface area contributed by atoms with Crippen molar-refractivity contribution in [2.75, 3.05) is 0 Å². The van der Waals surface area contributed by atoms with Crippen LogP contribution in [0.5, 0.6) is 0 Å². The van der Waals surface area contributed by atoms with Gasteiger partial charge in [-0.15, -0.1) is 0 Å². The molecule has 0 spiro atoms. The molecule has 2 heterocycles. The number of rotatable bonds is 8. The van der Waals surface area contributed by atoms with Crippen LogP contribution >= 0.6 is 0 Å². The van der Waals surface area contributed by atoms with Crippen LogP contribution in [0.2, 0.25) is 0 Å². The number of aromatic nitrogens is 2. The molecule has 10 aromatic carbocycles. The van der Waals surface area contributed by atoms with Gasteiger partial charge in [0.05, 0.1) is 22.1 Å². The molecule has 0 amide bonds. The van der Waals surface area contributed by atoms with Gasteiger partial charge in [-0.1, -0.05) is 218 Å². The first-order chi connectivity index (χ1) is 31.3. The van der Waals surface area contributed by atoms with E-state index in [9.17, 15) is 0 Å². The molecule has 0 saturated heterocycles. The van der Waals surface area contributed by atoms with Gasteiger partial charge in [-0.2, -0.15) is 0 Å². The van der Waals surface area contributed by atoms with Crippen molar-refractivity contribution in [2.45, 2.75) is 0 Å². The van der Waals surface area contributed by atoms with E-state index in [4.69, 9.17) is 0 Å². The van der Waals surface area contributed by atoms with Crippen molar-refractivity contribution in [3.05, 3.63) is 255 Å². The molecule has 0 aliphatic heterocycles. The summed E-state index contributed by atoms with van der Waals surface area (Å²) in [7, 11) is -2.93. The highest BCUT2D eigenvalue weighted by Gasteiger charge is 2.43. The molecule has 0 atom stereocenters. The fraction of sp³-hybridized carbons (Fsp3) is 0. The minimum absolute atomic E-state index is 1.13. The molecular weight excluding hydrogens is 777 g/mol. The second-order valence-electron chi connectivity index (χ2n) is 16.4. The molecule has 12 aromatic rings. The molecule has 0 bridgehead atoms. The van der Waals surface area contributed by atoms with Gasteiger partial charge in [0.15, 0.2) is 8.07 Å². The molecule has 2 nitrogen and oxygen atoms in total. The van der Waals surface area contributed by atoms with Crippen LogP contribution < -0.4 is 20.7 Å². The Labute approximate surface area is 368 Å². The van der Waals surface area contributed by atoms with E-state index in [1.54, 1.807) is 0 Å². The van der Waals surface area contributed by atoms with Gasteiger partial charge in [-0.3, -0.25) is 0 Å². The van der Waals surface area contributed by atoms with Gasteiger partial charge in [-0.25, -0.2) is 0 Å². The Kier molecular flexibility index (Phi) is 8.87. The third-order valence-corrected chi connectivity index (χ3v) is 17.9. The molecule has 3 heteroatoms. The topological polar surface area (TPSA) is 9.86 Å². The molecule has 12 rings (SSSR count). The predicted molar refractivity (Wildman–Crippen MR) is 270 cm³/mol. The summed E-state index contributed by atoms with van der Waals surface area (Å²) < 4.78 is 5.03. The zero-order chi connectivity index (χ0) is 41.7. The predicted octanol–water partition coefficient (Wildman–Crippen LogP) is 12.6. The summed E-state index contributed by atoms with van der Waals surface area (Å²) in [6, 6.07) is 94.3. The zero-order valence-electron chi connectivity index (χ0n) is 34.6. The Hall–Kier alpha value is -7.98. The van der Waals surface area contributed by atoms with E-state index in [0.29, 0.717) is 0 Å². The Morgan fingerprint density at radius 1 is 0.270 bits per heavy atom. The summed E-state index contributed by atoms with van der Waals surface area (Å²) >= 11 is 0. The maximum Gasteiger partial charge on any atom is 0.181 e. The highest BCUT2D eigenvalue weighted by atomic mass is 28.3. The van der Waals surface area contributed by atoms with Crippen LogP contribution in [0.1, 0.15) is 0 Å². The summed E-state index contributed by atoms with van der Waals surface area (Å²) in [6.45, 7) is 0. The second kappa shape index (κ2) is 15.2. The van der Waals surface area contributed by atoms with Crippen LogP contribution in [-0.2, 0) is 0 Å². The molecule has 0 radical (unpaired) electrons. The minimum atomic E-state index is -2.93. The number of hydrogen-bond donors (Lipinski definition) is 0. The highest BCUT2D eigenvalue weighted by Crippen LogP contribution is 2.40. The number of hydrogen-bond acceptors (Lipinski definition) is 0. The second-order valence-corrected chi connectivity index (χ2v) is 20.2. The van der Waals surface area contributed by atoms with Gasteiger partial charge in [0.25, 0.3) is 0 Å². The summed E-state index contributed by atoms with van der Waals surface area (Å²) in [5.74, 6) is 0. The van der Waals surface area contributed by atoms with Crippen molar-refractivity contribution in [1.29, 1.82) is 0 Å². The van der Waals surface area contributed by atoms with Crippen LogP contribution in [0.15, 0.2) is 255 Å². The number of para-hydroxylation sites is 3. The quantitative estimate of drug-likeness (QED) is 0.107. The molecule has 0 aliphatic carbocycles. The molecule has 0 unspecified atom stereocenters. The van der Waals surface area contributed by atoms with Crippen molar-refractivity contribution < 1.29 is 0 Å². The lowest BCUT2D eigenvalue weighted by atomic mass is 9.94. The van der Waals surface area contributed by atoms with E-state index in [-0.39, 0.29) is 0 Å². The average Bonchev–Trinajstić information content (AvgIpc) is 3.89. The largest absolute Gasteiger partial charge is 0.309 e. The highest BCUT2D eigenvalue weighted by molar-refractivity contribution is 7.20. The number of benzene rings is 10. The van der Waals surface area contributed by atoms with Gasteiger partial charge in [-0.05, 0) is 79.4 Å². The Bertz CT molecular complexity index is 3500. The zero-order valence-corrected chi connectivity index (χ0v) is 35.6. The van der Waals surface area contributed by atoms with Gasteiger partial charge in [0, 0.05) is 32.9 Å². The van der Waals surface area contributed by atoms with Gasteiger partial charge in [0.1, 0.15) is 0 Å². The summed E-state index contributed by atoms with van der Waals surface area (Å²) in [6.07, 6.45) is 0. The molecular formula is C60H42N2Si. The Morgan fingerprint density at radius 3 is 1.29 bits per heavy atom. The minimum Gasteiger partial charge on any atom is -0.309 e. The molecule has 296 valence electrons. The molecule has 0 N–H and O–H groups in total. The maximum atomic E-state index is 2.56. The average molecular weight is 819 g/mol. The van der Waals surface area contributed by atoms with Crippen molar-refractivity contribution >= 4 is 72.4 Å². The lowest BCUT2D eigenvalue weighted by molar-refractivity contribution is 1.16. The molecule has 0 fully saturated rings. The fourth-order valence-corrected chi connectivity index (χ4v) is 15.4. The maximum absolute atomic E-state index is 2.93. The summed E-state index contributed by atoms with van der Waals surface area (Å²) in [5, 5.41) is 10.4. The van der Waals surface area contributed by atoms with Gasteiger partial charge >= 0.3 is 0 Å². The van der Waals surface area contributed by atoms with Crippen molar-refractivity contribution in [3.63, 3.8) is 0 Å². The van der Waals surface area contributed by atoms with E-state index >= 15 is 0 Å². The number of fused-ring (bicyclic) bond motifs is 6. The van der Waals surface area contributed by atoms with E-state index in [1.165, 1.54) is 86.6 Å². The van der Waals surface area contributed by atoms with Crippen LogP contribution in [0, 0.1) is 0 Å². The van der Waals surface area contributed by atoms with Crippen molar-refractivity contribution in [2.24, 2.45) is 0 Å². The van der Waals surface area contributed by atoms with Crippen LogP contribution in [0.25, 0.3) is 77.2 Å². The molecule has 0 aliphatic rings. The Balaban J connectivity index is 1.17. The van der Waals surface area contributed by atoms with Crippen LogP contribution in [0.4, 0.5) is 0 Å².